The lowest BCUT2D eigenvalue weighted by molar-refractivity contribution is 0.686. The van der Waals surface area contributed by atoms with Gasteiger partial charge in [0.25, 0.3) is 0 Å². The summed E-state index contributed by atoms with van der Waals surface area (Å²) in [6.07, 6.45) is 5.52. The summed E-state index contributed by atoms with van der Waals surface area (Å²) in [4.78, 5) is 1.11. The van der Waals surface area contributed by atoms with Crippen molar-refractivity contribution in [3.05, 3.63) is 23.8 Å². The zero-order valence-electron chi connectivity index (χ0n) is 9.89. The van der Waals surface area contributed by atoms with Gasteiger partial charge in [0, 0.05) is 0 Å². The van der Waals surface area contributed by atoms with Crippen molar-refractivity contribution in [3.63, 3.8) is 0 Å². The van der Waals surface area contributed by atoms with Crippen LogP contribution in [0.4, 0.5) is 0 Å². The molecule has 0 aliphatic carbocycles. The van der Waals surface area contributed by atoms with E-state index < -0.39 is 0 Å². The van der Waals surface area contributed by atoms with Crippen LogP contribution in [0.5, 0.6) is 0 Å². The van der Waals surface area contributed by atoms with Gasteiger partial charge in [-0.3, -0.25) is 0 Å². The summed E-state index contributed by atoms with van der Waals surface area (Å²) in [6, 6.07) is 0. The van der Waals surface area contributed by atoms with Gasteiger partial charge in [-0.2, -0.15) is 0 Å². The molecule has 0 rings (SSSR count). The lowest BCUT2D eigenvalue weighted by Gasteiger charge is -2.11. The Labute approximate surface area is 94.1 Å². The normalized spacial score (nSPS) is 13.9. The molecule has 0 N–H and O–H groups in total. The minimum atomic E-state index is 0.538. The van der Waals surface area contributed by atoms with Gasteiger partial charge in [0.2, 0.25) is 0 Å². The molecule has 0 aliphatic rings. The molecule has 1 heteroatoms. The molecular formula is C13H22S. The van der Waals surface area contributed by atoms with Gasteiger partial charge in [-0.15, -0.1) is 0 Å². The summed E-state index contributed by atoms with van der Waals surface area (Å²) >= 11 is 5.14. The Hall–Kier alpha value is -0.430. The number of rotatable bonds is 6. The zero-order chi connectivity index (χ0) is 11.1. The molecule has 0 fully saturated rings. The van der Waals surface area contributed by atoms with Crippen LogP contribution in [0, 0.1) is 5.92 Å². The summed E-state index contributed by atoms with van der Waals surface area (Å²) in [5.74, 6) is 0.538. The van der Waals surface area contributed by atoms with Gasteiger partial charge in [0.05, 0.1) is 0 Å². The Bertz CT molecular complexity index is 236. The van der Waals surface area contributed by atoms with Gasteiger partial charge in [-0.25, -0.2) is 0 Å². The highest BCUT2D eigenvalue weighted by Crippen LogP contribution is 2.18. The first-order valence-corrected chi connectivity index (χ1v) is 5.75. The van der Waals surface area contributed by atoms with Crippen molar-refractivity contribution in [1.29, 1.82) is 0 Å². The molecular weight excluding hydrogens is 188 g/mol. The maximum atomic E-state index is 5.14. The molecule has 0 aromatic heterocycles. The van der Waals surface area contributed by atoms with Crippen LogP contribution in [-0.4, -0.2) is 4.86 Å². The first-order valence-electron chi connectivity index (χ1n) is 5.34. The third-order valence-electron chi connectivity index (χ3n) is 2.64. The van der Waals surface area contributed by atoms with Crippen LogP contribution >= 0.6 is 12.2 Å². The van der Waals surface area contributed by atoms with Crippen molar-refractivity contribution in [2.45, 2.75) is 47.0 Å². The van der Waals surface area contributed by atoms with E-state index in [9.17, 15) is 0 Å². The SMILES string of the molecule is C=C(CCC(C)C(C)=S)/C(C)=C\CC. The minimum Gasteiger partial charge on any atom is -0.0956 e. The third kappa shape index (κ3) is 5.33. The molecule has 0 radical (unpaired) electrons. The van der Waals surface area contributed by atoms with Crippen molar-refractivity contribution < 1.29 is 0 Å². The monoisotopic (exact) mass is 210 g/mol. The van der Waals surface area contributed by atoms with E-state index >= 15 is 0 Å². The maximum absolute atomic E-state index is 5.14. The Morgan fingerprint density at radius 2 is 2.00 bits per heavy atom. The zero-order valence-corrected chi connectivity index (χ0v) is 10.7. The molecule has 1 atom stereocenters. The quantitative estimate of drug-likeness (QED) is 0.452. The largest absolute Gasteiger partial charge is 0.0956 e. The molecule has 80 valence electrons. The summed E-state index contributed by atoms with van der Waals surface area (Å²) in [7, 11) is 0. The first-order chi connectivity index (χ1) is 6.49. The van der Waals surface area contributed by atoms with Crippen LogP contribution in [0.1, 0.15) is 47.0 Å². The average molecular weight is 210 g/mol. The van der Waals surface area contributed by atoms with E-state index in [1.807, 2.05) is 6.92 Å². The topological polar surface area (TPSA) is 0 Å². The van der Waals surface area contributed by atoms with Crippen LogP contribution in [0.25, 0.3) is 0 Å². The second-order valence-corrected chi connectivity index (χ2v) is 4.59. The molecule has 0 aromatic rings. The standard InChI is InChI=1S/C13H22S/c1-6-7-10(2)11(3)8-9-12(4)13(5)14/h7,12H,3,6,8-9H2,1-2,4-5H3/b10-7-. The van der Waals surface area contributed by atoms with E-state index in [2.05, 4.69) is 33.4 Å². The highest BCUT2D eigenvalue weighted by atomic mass is 32.1. The molecule has 0 saturated heterocycles. The molecule has 0 spiro atoms. The molecule has 0 bridgehead atoms. The molecule has 0 aliphatic heterocycles. The Morgan fingerprint density at radius 3 is 2.43 bits per heavy atom. The average Bonchev–Trinajstić information content (AvgIpc) is 2.13. The number of thiocarbonyl (C=S) groups is 1. The first kappa shape index (κ1) is 13.6. The van der Waals surface area contributed by atoms with E-state index in [1.54, 1.807) is 0 Å². The van der Waals surface area contributed by atoms with Crippen molar-refractivity contribution in [2.75, 3.05) is 0 Å². The van der Waals surface area contributed by atoms with E-state index in [4.69, 9.17) is 12.2 Å². The van der Waals surface area contributed by atoms with E-state index in [1.165, 1.54) is 11.1 Å². The van der Waals surface area contributed by atoms with Crippen LogP contribution in [0.3, 0.4) is 0 Å². The number of hydrogen-bond donors (Lipinski definition) is 0. The Balaban J connectivity index is 3.97. The van der Waals surface area contributed by atoms with Crippen molar-refractivity contribution in [1.82, 2.24) is 0 Å². The summed E-state index contributed by atoms with van der Waals surface area (Å²) in [5.41, 5.74) is 2.59. The van der Waals surface area contributed by atoms with Gasteiger partial charge in [-0.1, -0.05) is 49.9 Å². The van der Waals surface area contributed by atoms with Crippen molar-refractivity contribution >= 4 is 17.1 Å². The fourth-order valence-corrected chi connectivity index (χ4v) is 1.36. The van der Waals surface area contributed by atoms with Crippen LogP contribution < -0.4 is 0 Å². The van der Waals surface area contributed by atoms with Gasteiger partial charge >= 0.3 is 0 Å². The lowest BCUT2D eigenvalue weighted by atomic mass is 9.96. The number of allylic oxidation sites excluding steroid dienone is 3. The van der Waals surface area contributed by atoms with Gasteiger partial charge in [0.1, 0.15) is 0 Å². The predicted octanol–water partition coefficient (Wildman–Crippen LogP) is 4.71. The third-order valence-corrected chi connectivity index (χ3v) is 3.04. The predicted molar refractivity (Wildman–Crippen MR) is 69.9 cm³/mol. The minimum absolute atomic E-state index is 0.538. The number of hydrogen-bond acceptors (Lipinski definition) is 1. The van der Waals surface area contributed by atoms with Crippen LogP contribution in [-0.2, 0) is 0 Å². The van der Waals surface area contributed by atoms with E-state index in [-0.39, 0.29) is 0 Å². The molecule has 0 saturated carbocycles. The lowest BCUT2D eigenvalue weighted by Crippen LogP contribution is -2.04. The second kappa shape index (κ2) is 6.94. The van der Waals surface area contributed by atoms with E-state index in [0.717, 1.165) is 24.1 Å². The molecule has 0 amide bonds. The van der Waals surface area contributed by atoms with Crippen LogP contribution in [0.2, 0.25) is 0 Å². The summed E-state index contributed by atoms with van der Waals surface area (Å²) in [6.45, 7) is 12.6. The maximum Gasteiger partial charge on any atom is -0.00742 e. The Morgan fingerprint density at radius 1 is 1.43 bits per heavy atom. The molecule has 14 heavy (non-hydrogen) atoms. The highest BCUT2D eigenvalue weighted by Gasteiger charge is 2.05. The van der Waals surface area contributed by atoms with Gasteiger partial charge in [0.15, 0.2) is 0 Å². The van der Waals surface area contributed by atoms with Gasteiger partial charge < -0.3 is 0 Å². The summed E-state index contributed by atoms with van der Waals surface area (Å²) < 4.78 is 0. The fraction of sp³-hybridized carbons (Fsp3) is 0.615. The highest BCUT2D eigenvalue weighted by molar-refractivity contribution is 7.80. The summed E-state index contributed by atoms with van der Waals surface area (Å²) in [5, 5.41) is 0. The van der Waals surface area contributed by atoms with Crippen molar-refractivity contribution in [3.8, 4) is 0 Å². The molecule has 0 nitrogen and oxygen atoms in total. The molecule has 0 aromatic carbocycles. The second-order valence-electron chi connectivity index (χ2n) is 3.95. The van der Waals surface area contributed by atoms with Gasteiger partial charge in [-0.05, 0) is 43.9 Å². The Kier molecular flexibility index (Phi) is 6.73. The molecule has 0 heterocycles. The van der Waals surface area contributed by atoms with Crippen LogP contribution in [0.15, 0.2) is 23.8 Å². The fourth-order valence-electron chi connectivity index (χ4n) is 1.24. The molecule has 1 unspecified atom stereocenters. The van der Waals surface area contributed by atoms with Crippen molar-refractivity contribution in [2.24, 2.45) is 5.92 Å². The smallest absolute Gasteiger partial charge is 0.00742 e. The van der Waals surface area contributed by atoms with E-state index in [0.29, 0.717) is 5.92 Å².